The molecule has 1 aromatic heterocycles. The molecule has 1 heterocycles. The number of aromatic nitrogens is 1. The Hall–Kier alpha value is -0.490. The van der Waals surface area contributed by atoms with E-state index in [2.05, 4.69) is 26.2 Å². The average Bonchev–Trinajstić information content (AvgIpc) is 2.80. The quantitative estimate of drug-likeness (QED) is 0.808. The summed E-state index contributed by atoms with van der Waals surface area (Å²) in [5.41, 5.74) is 1.55. The lowest BCUT2D eigenvalue weighted by Gasteiger charge is -2.17. The number of halogens is 3. The molecule has 1 N–H and O–H groups in total. The minimum absolute atomic E-state index is 0.119. The highest BCUT2D eigenvalue weighted by molar-refractivity contribution is 9.10. The van der Waals surface area contributed by atoms with E-state index in [0.29, 0.717) is 16.5 Å². The van der Waals surface area contributed by atoms with Crippen LogP contribution in [0, 0.1) is 12.7 Å². The van der Waals surface area contributed by atoms with Crippen LogP contribution in [0.4, 0.5) is 4.39 Å². The fourth-order valence-corrected chi connectivity index (χ4v) is 3.15. The highest BCUT2D eigenvalue weighted by Crippen LogP contribution is 2.31. The first-order valence-corrected chi connectivity index (χ1v) is 7.79. The van der Waals surface area contributed by atoms with Crippen LogP contribution in [0.25, 0.3) is 0 Å². The van der Waals surface area contributed by atoms with Crippen molar-refractivity contribution >= 4 is 38.9 Å². The second-order valence-electron chi connectivity index (χ2n) is 4.19. The Morgan fingerprint density at radius 2 is 2.26 bits per heavy atom. The lowest BCUT2D eigenvalue weighted by atomic mass is 10.0. The van der Waals surface area contributed by atoms with Crippen molar-refractivity contribution in [3.8, 4) is 0 Å². The van der Waals surface area contributed by atoms with Gasteiger partial charge in [0.1, 0.15) is 5.82 Å². The first-order chi connectivity index (χ1) is 9.02. The number of aryl methyl sites for hydroxylation is 1. The first-order valence-electron chi connectivity index (χ1n) is 5.74. The van der Waals surface area contributed by atoms with Gasteiger partial charge in [-0.25, -0.2) is 9.37 Å². The van der Waals surface area contributed by atoms with E-state index in [4.69, 9.17) is 11.6 Å². The summed E-state index contributed by atoms with van der Waals surface area (Å²) in [4.78, 5) is 4.41. The van der Waals surface area contributed by atoms with Gasteiger partial charge >= 0.3 is 0 Å². The largest absolute Gasteiger partial charge is 0.313 e. The number of nitrogens with one attached hydrogen (secondary N) is 1. The zero-order chi connectivity index (χ0) is 14.0. The summed E-state index contributed by atoms with van der Waals surface area (Å²) < 4.78 is 14.8. The maximum atomic E-state index is 14.2. The summed E-state index contributed by atoms with van der Waals surface area (Å²) in [6.07, 6.45) is 0.643. The molecular weight excluding hydrogens is 351 g/mol. The maximum absolute atomic E-state index is 14.2. The van der Waals surface area contributed by atoms with Gasteiger partial charge in [0.25, 0.3) is 0 Å². The van der Waals surface area contributed by atoms with E-state index in [1.54, 1.807) is 30.5 Å². The number of benzene rings is 1. The van der Waals surface area contributed by atoms with Gasteiger partial charge < -0.3 is 5.32 Å². The topological polar surface area (TPSA) is 24.9 Å². The Labute approximate surface area is 129 Å². The molecule has 6 heteroatoms. The van der Waals surface area contributed by atoms with E-state index in [-0.39, 0.29) is 16.9 Å². The van der Waals surface area contributed by atoms with Crippen molar-refractivity contribution in [1.82, 2.24) is 10.3 Å². The molecule has 2 nitrogen and oxygen atoms in total. The SMILES string of the molecule is CNC(Cc1nc(C)cs1)c1ccc(Br)c(Cl)c1F. The third-order valence-corrected chi connectivity index (χ3v) is 5.08. The van der Waals surface area contributed by atoms with Crippen molar-refractivity contribution in [3.63, 3.8) is 0 Å². The van der Waals surface area contributed by atoms with Crippen LogP contribution in [0.5, 0.6) is 0 Å². The normalized spacial score (nSPS) is 12.7. The standard InChI is InChI=1S/C13H13BrClFN2S/c1-7-6-19-11(18-7)5-10(17-2)8-3-4-9(14)12(15)13(8)16/h3-4,6,10,17H,5H2,1-2H3. The molecule has 0 saturated heterocycles. The van der Waals surface area contributed by atoms with Crippen LogP contribution in [0.2, 0.25) is 5.02 Å². The molecule has 0 aliphatic heterocycles. The van der Waals surface area contributed by atoms with Crippen molar-refractivity contribution in [2.24, 2.45) is 0 Å². The molecule has 0 aliphatic carbocycles. The minimum Gasteiger partial charge on any atom is -0.313 e. The summed E-state index contributed by atoms with van der Waals surface area (Å²) in [7, 11) is 1.81. The molecule has 1 unspecified atom stereocenters. The molecule has 0 spiro atoms. The predicted molar refractivity (Wildman–Crippen MR) is 81.5 cm³/mol. The summed E-state index contributed by atoms with van der Waals surface area (Å²) in [6.45, 7) is 1.95. The van der Waals surface area contributed by atoms with Crippen LogP contribution >= 0.6 is 38.9 Å². The summed E-state index contributed by atoms with van der Waals surface area (Å²) >= 11 is 10.7. The number of hydrogen-bond acceptors (Lipinski definition) is 3. The van der Waals surface area contributed by atoms with E-state index >= 15 is 0 Å². The lowest BCUT2D eigenvalue weighted by molar-refractivity contribution is 0.533. The highest BCUT2D eigenvalue weighted by Gasteiger charge is 2.19. The van der Waals surface area contributed by atoms with Crippen LogP contribution in [0.3, 0.4) is 0 Å². The molecule has 0 bridgehead atoms. The van der Waals surface area contributed by atoms with Crippen LogP contribution < -0.4 is 5.32 Å². The summed E-state index contributed by atoms with van der Waals surface area (Å²) in [6, 6.07) is 3.36. The smallest absolute Gasteiger partial charge is 0.147 e. The first kappa shape index (κ1) is 14.9. The summed E-state index contributed by atoms with van der Waals surface area (Å²) in [5.74, 6) is -0.385. The molecule has 0 aliphatic rings. The Morgan fingerprint density at radius 3 is 2.84 bits per heavy atom. The zero-order valence-corrected chi connectivity index (χ0v) is 13.7. The fraction of sp³-hybridized carbons (Fsp3) is 0.308. The van der Waals surface area contributed by atoms with Gasteiger partial charge in [0.2, 0.25) is 0 Å². The van der Waals surface area contributed by atoms with Gasteiger partial charge in [-0.2, -0.15) is 0 Å². The fourth-order valence-electron chi connectivity index (χ4n) is 1.85. The predicted octanol–water partition coefficient (Wildman–Crippen LogP) is 4.51. The molecule has 1 aromatic carbocycles. The van der Waals surface area contributed by atoms with E-state index < -0.39 is 0 Å². The van der Waals surface area contributed by atoms with Crippen molar-refractivity contribution in [3.05, 3.63) is 49.1 Å². The monoisotopic (exact) mass is 362 g/mol. The number of rotatable bonds is 4. The van der Waals surface area contributed by atoms with Gasteiger partial charge in [-0.3, -0.25) is 0 Å². The van der Waals surface area contributed by atoms with E-state index in [0.717, 1.165) is 10.7 Å². The molecule has 1 atom stereocenters. The average molecular weight is 364 g/mol. The Kier molecular flexibility index (Phi) is 4.95. The van der Waals surface area contributed by atoms with Crippen LogP contribution in [-0.4, -0.2) is 12.0 Å². The number of nitrogens with zero attached hydrogens (tertiary/aromatic N) is 1. The molecule has 102 valence electrons. The van der Waals surface area contributed by atoms with Gasteiger partial charge in [-0.15, -0.1) is 11.3 Å². The molecule has 19 heavy (non-hydrogen) atoms. The molecule has 2 aromatic rings. The van der Waals surface area contributed by atoms with Gasteiger partial charge in [-0.1, -0.05) is 17.7 Å². The molecule has 0 fully saturated rings. The summed E-state index contributed by atoms with van der Waals surface area (Å²) in [5, 5.41) is 6.21. The lowest BCUT2D eigenvalue weighted by Crippen LogP contribution is -2.20. The van der Waals surface area contributed by atoms with Crippen molar-refractivity contribution in [2.75, 3.05) is 7.05 Å². The number of likely N-dealkylation sites (N-methyl/N-ethyl adjacent to an activating group) is 1. The number of hydrogen-bond donors (Lipinski definition) is 1. The molecular formula is C13H13BrClFN2S. The van der Waals surface area contributed by atoms with Crippen LogP contribution in [-0.2, 0) is 6.42 Å². The van der Waals surface area contributed by atoms with E-state index in [1.807, 2.05) is 12.3 Å². The number of thiazole rings is 1. The molecule has 0 saturated carbocycles. The van der Waals surface area contributed by atoms with Crippen LogP contribution in [0.1, 0.15) is 22.3 Å². The van der Waals surface area contributed by atoms with Crippen molar-refractivity contribution in [1.29, 1.82) is 0 Å². The van der Waals surface area contributed by atoms with Crippen LogP contribution in [0.15, 0.2) is 22.0 Å². The molecule has 0 radical (unpaired) electrons. The zero-order valence-electron chi connectivity index (χ0n) is 10.5. The molecule has 2 rings (SSSR count). The molecule has 0 amide bonds. The Bertz CT molecular complexity index is 588. The van der Waals surface area contributed by atoms with Gasteiger partial charge in [0.05, 0.1) is 10.0 Å². The van der Waals surface area contributed by atoms with Gasteiger partial charge in [0.15, 0.2) is 0 Å². The van der Waals surface area contributed by atoms with Crippen molar-refractivity contribution < 1.29 is 4.39 Å². The second-order valence-corrected chi connectivity index (χ2v) is 6.37. The maximum Gasteiger partial charge on any atom is 0.147 e. The van der Waals surface area contributed by atoms with Gasteiger partial charge in [-0.05, 0) is 36.0 Å². The van der Waals surface area contributed by atoms with E-state index in [9.17, 15) is 4.39 Å². The third-order valence-electron chi connectivity index (χ3n) is 2.83. The minimum atomic E-state index is -0.385. The highest BCUT2D eigenvalue weighted by atomic mass is 79.9. The third kappa shape index (κ3) is 3.34. The van der Waals surface area contributed by atoms with Crippen molar-refractivity contribution in [2.45, 2.75) is 19.4 Å². The Balaban J connectivity index is 2.29. The van der Waals surface area contributed by atoms with Gasteiger partial charge in [0, 0.05) is 33.6 Å². The Morgan fingerprint density at radius 1 is 1.53 bits per heavy atom. The van der Waals surface area contributed by atoms with E-state index in [1.165, 1.54) is 0 Å². The second kappa shape index (κ2) is 6.31.